The minimum absolute atomic E-state index is 0.374. The van der Waals surface area contributed by atoms with E-state index in [1.54, 1.807) is 0 Å². The maximum Gasteiger partial charge on any atom is 0.412 e. The van der Waals surface area contributed by atoms with Crippen molar-refractivity contribution in [2.24, 2.45) is 0 Å². The number of nitrogens with zero attached hydrogens (tertiary/aromatic N) is 2. The van der Waals surface area contributed by atoms with E-state index in [9.17, 15) is 4.79 Å². The maximum absolute atomic E-state index is 10.6. The van der Waals surface area contributed by atoms with Crippen molar-refractivity contribution < 1.29 is 9.53 Å². The van der Waals surface area contributed by atoms with Gasteiger partial charge in [0.2, 0.25) is 0 Å². The van der Waals surface area contributed by atoms with Crippen LogP contribution in [0.2, 0.25) is 0 Å². The first-order valence-corrected chi connectivity index (χ1v) is 4.35. The molecule has 1 amide bonds. The molecule has 5 heteroatoms. The summed E-state index contributed by atoms with van der Waals surface area (Å²) in [6, 6.07) is 0. The number of nitrogens with one attached hydrogen (secondary N) is 1. The molecule has 1 N–H and O–H groups in total. The number of rotatable bonds is 1. The lowest BCUT2D eigenvalue weighted by atomic mass is 10.6. The Morgan fingerprint density at radius 2 is 2.14 bits per heavy atom. The lowest BCUT2D eigenvalue weighted by Gasteiger charge is -1.99. The second-order valence-corrected chi connectivity index (χ2v) is 2.41. The second-order valence-electron chi connectivity index (χ2n) is 2.41. The fourth-order valence-electron chi connectivity index (χ4n) is 0.519. The van der Waals surface area contributed by atoms with Crippen molar-refractivity contribution in [3.63, 3.8) is 0 Å². The fraction of sp³-hybridized carbons (Fsp3) is 0.444. The third-order valence-electron chi connectivity index (χ3n) is 0.979. The largest absolute Gasteiger partial charge is 0.453 e. The van der Waals surface area contributed by atoms with Crippen LogP contribution in [0.25, 0.3) is 0 Å². The molecule has 0 aliphatic heterocycles. The van der Waals surface area contributed by atoms with Crippen LogP contribution in [-0.4, -0.2) is 23.2 Å². The predicted molar refractivity (Wildman–Crippen MR) is 54.0 cm³/mol. The molecule has 0 aromatic carbocycles. The Bertz CT molecular complexity index is 251. The number of methoxy groups -OCH3 is 1. The zero-order valence-corrected chi connectivity index (χ0v) is 8.65. The van der Waals surface area contributed by atoms with Gasteiger partial charge in [-0.3, -0.25) is 10.3 Å². The minimum Gasteiger partial charge on any atom is -0.453 e. The number of hydrogen-bond donors (Lipinski definition) is 1. The van der Waals surface area contributed by atoms with Gasteiger partial charge in [-0.2, -0.15) is 0 Å². The Balaban J connectivity index is 0.000000500. The van der Waals surface area contributed by atoms with Gasteiger partial charge in [-0.05, 0) is 0 Å². The van der Waals surface area contributed by atoms with Crippen LogP contribution in [0.1, 0.15) is 20.3 Å². The molecule has 0 unspecified atom stereocenters. The topological polar surface area (TPSA) is 64.1 Å². The molecule has 1 aromatic heterocycles. The van der Waals surface area contributed by atoms with Crippen molar-refractivity contribution in [1.29, 1.82) is 0 Å². The van der Waals surface area contributed by atoms with E-state index >= 15 is 0 Å². The van der Waals surface area contributed by atoms with E-state index in [2.05, 4.69) is 33.9 Å². The molecule has 0 saturated carbocycles. The molecule has 0 radical (unpaired) electrons. The average Bonchev–Trinajstić information content (AvgIpc) is 2.20. The number of carbonyl (C=O) groups is 1. The molecule has 0 fully saturated rings. The Labute approximate surface area is 83.5 Å². The van der Waals surface area contributed by atoms with Crippen LogP contribution in [0.15, 0.2) is 18.6 Å². The summed E-state index contributed by atoms with van der Waals surface area (Å²) < 4.78 is 4.34. The van der Waals surface area contributed by atoms with E-state index in [-0.39, 0.29) is 0 Å². The Kier molecular flexibility index (Phi) is 7.03. The van der Waals surface area contributed by atoms with E-state index in [4.69, 9.17) is 0 Å². The molecule has 0 aliphatic rings. The van der Waals surface area contributed by atoms with Gasteiger partial charge in [0, 0.05) is 12.4 Å². The van der Waals surface area contributed by atoms with E-state index < -0.39 is 6.09 Å². The van der Waals surface area contributed by atoms with Crippen LogP contribution < -0.4 is 5.32 Å². The van der Waals surface area contributed by atoms with Crippen molar-refractivity contribution >= 4 is 11.9 Å². The summed E-state index contributed by atoms with van der Waals surface area (Å²) in [5.41, 5.74) is 0. The SMILES string of the molecule is CCC.COC(=O)Nc1cnccn1. The monoisotopic (exact) mass is 197 g/mol. The molecule has 1 aromatic rings. The van der Waals surface area contributed by atoms with Crippen molar-refractivity contribution in [3.05, 3.63) is 18.6 Å². The van der Waals surface area contributed by atoms with Gasteiger partial charge in [0.05, 0.1) is 13.3 Å². The van der Waals surface area contributed by atoms with Crippen LogP contribution in [-0.2, 0) is 4.74 Å². The summed E-state index contributed by atoms with van der Waals surface area (Å²) in [5, 5.41) is 2.36. The minimum atomic E-state index is -0.550. The highest BCUT2D eigenvalue weighted by molar-refractivity contribution is 5.82. The third-order valence-corrected chi connectivity index (χ3v) is 0.979. The molecule has 0 spiro atoms. The Morgan fingerprint density at radius 1 is 1.50 bits per heavy atom. The quantitative estimate of drug-likeness (QED) is 0.748. The van der Waals surface area contributed by atoms with Crippen molar-refractivity contribution in [3.8, 4) is 0 Å². The Hall–Kier alpha value is -1.65. The van der Waals surface area contributed by atoms with Gasteiger partial charge in [0.1, 0.15) is 0 Å². The number of anilines is 1. The molecule has 0 saturated heterocycles. The van der Waals surface area contributed by atoms with E-state index in [1.165, 1.54) is 32.1 Å². The van der Waals surface area contributed by atoms with Crippen molar-refractivity contribution in [1.82, 2.24) is 9.97 Å². The summed E-state index contributed by atoms with van der Waals surface area (Å²) >= 11 is 0. The molecular weight excluding hydrogens is 182 g/mol. The van der Waals surface area contributed by atoms with E-state index in [1.807, 2.05) is 0 Å². The summed E-state index contributed by atoms with van der Waals surface area (Å²) in [6.07, 6.45) is 5.12. The number of carbonyl (C=O) groups excluding carboxylic acids is 1. The zero-order valence-electron chi connectivity index (χ0n) is 8.65. The summed E-state index contributed by atoms with van der Waals surface area (Å²) in [7, 11) is 1.28. The zero-order chi connectivity index (χ0) is 10.8. The van der Waals surface area contributed by atoms with Crippen LogP contribution in [0, 0.1) is 0 Å². The molecule has 0 bridgehead atoms. The van der Waals surface area contributed by atoms with Crippen LogP contribution in [0.3, 0.4) is 0 Å². The summed E-state index contributed by atoms with van der Waals surface area (Å²) in [5.74, 6) is 0.374. The molecule has 1 rings (SSSR count). The summed E-state index contributed by atoms with van der Waals surface area (Å²) in [6.45, 7) is 4.25. The second kappa shape index (κ2) is 7.97. The fourth-order valence-corrected chi connectivity index (χ4v) is 0.519. The predicted octanol–water partition coefficient (Wildman–Crippen LogP) is 2.07. The number of ether oxygens (including phenoxy) is 1. The van der Waals surface area contributed by atoms with Crippen LogP contribution in [0.4, 0.5) is 10.6 Å². The molecule has 14 heavy (non-hydrogen) atoms. The molecule has 1 heterocycles. The molecule has 0 aliphatic carbocycles. The van der Waals surface area contributed by atoms with Crippen molar-refractivity contribution in [2.45, 2.75) is 20.3 Å². The standard InChI is InChI=1S/C6H7N3O2.C3H8/c1-11-6(10)9-5-4-7-2-3-8-5;1-3-2/h2-4H,1H3,(H,8,9,10);3H2,1-2H3. The smallest absolute Gasteiger partial charge is 0.412 e. The maximum atomic E-state index is 10.6. The van der Waals surface area contributed by atoms with Crippen LogP contribution >= 0.6 is 0 Å². The van der Waals surface area contributed by atoms with E-state index in [0.29, 0.717) is 5.82 Å². The highest BCUT2D eigenvalue weighted by Gasteiger charge is 1.98. The Morgan fingerprint density at radius 3 is 2.57 bits per heavy atom. The van der Waals surface area contributed by atoms with Gasteiger partial charge < -0.3 is 4.74 Å². The molecular formula is C9H15N3O2. The lowest BCUT2D eigenvalue weighted by Crippen LogP contribution is -2.11. The average molecular weight is 197 g/mol. The van der Waals surface area contributed by atoms with Gasteiger partial charge in [-0.25, -0.2) is 9.78 Å². The van der Waals surface area contributed by atoms with E-state index in [0.717, 1.165) is 0 Å². The molecule has 5 nitrogen and oxygen atoms in total. The van der Waals surface area contributed by atoms with Gasteiger partial charge in [0.15, 0.2) is 5.82 Å². The molecule has 0 atom stereocenters. The van der Waals surface area contributed by atoms with Crippen molar-refractivity contribution in [2.75, 3.05) is 12.4 Å². The molecule has 78 valence electrons. The first-order chi connectivity index (χ1) is 6.74. The van der Waals surface area contributed by atoms with Gasteiger partial charge in [-0.1, -0.05) is 20.3 Å². The number of hydrogen-bond acceptors (Lipinski definition) is 4. The van der Waals surface area contributed by atoms with Gasteiger partial charge in [-0.15, -0.1) is 0 Å². The number of aromatic nitrogens is 2. The van der Waals surface area contributed by atoms with Gasteiger partial charge in [0.25, 0.3) is 0 Å². The third kappa shape index (κ3) is 5.93. The van der Waals surface area contributed by atoms with Crippen LogP contribution in [0.5, 0.6) is 0 Å². The highest BCUT2D eigenvalue weighted by atomic mass is 16.5. The lowest BCUT2D eigenvalue weighted by molar-refractivity contribution is 0.187. The first kappa shape index (κ1) is 12.3. The summed E-state index contributed by atoms with van der Waals surface area (Å²) in [4.78, 5) is 18.1. The first-order valence-electron chi connectivity index (χ1n) is 4.35. The normalized spacial score (nSPS) is 8.21. The highest BCUT2D eigenvalue weighted by Crippen LogP contribution is 1.96. The van der Waals surface area contributed by atoms with Gasteiger partial charge >= 0.3 is 6.09 Å². The number of amides is 1.